The van der Waals surface area contributed by atoms with E-state index in [-0.39, 0.29) is 6.10 Å². The summed E-state index contributed by atoms with van der Waals surface area (Å²) < 4.78 is 0. The highest BCUT2D eigenvalue weighted by Crippen LogP contribution is 2.29. The fourth-order valence-corrected chi connectivity index (χ4v) is 2.97. The van der Waals surface area contributed by atoms with Crippen molar-refractivity contribution in [3.05, 3.63) is 29.3 Å². The first-order valence-corrected chi connectivity index (χ1v) is 6.77. The Labute approximate surface area is 110 Å². The van der Waals surface area contributed by atoms with Gasteiger partial charge in [-0.15, -0.1) is 0 Å². The number of hydrogen-bond acceptors (Lipinski definition) is 3. The van der Waals surface area contributed by atoms with Crippen LogP contribution in [0.15, 0.2) is 18.2 Å². The van der Waals surface area contributed by atoms with Crippen LogP contribution in [0.2, 0.25) is 0 Å². The van der Waals surface area contributed by atoms with Gasteiger partial charge in [-0.2, -0.15) is 0 Å². The predicted octanol–water partition coefficient (Wildman–Crippen LogP) is 2.94. The lowest BCUT2D eigenvalue weighted by molar-refractivity contribution is 0.0242. The Bertz CT molecular complexity index is 397. The van der Waals surface area contributed by atoms with Crippen LogP contribution in [0.1, 0.15) is 36.8 Å². The van der Waals surface area contributed by atoms with Crippen LogP contribution >= 0.6 is 0 Å². The van der Waals surface area contributed by atoms with E-state index in [9.17, 15) is 0 Å². The summed E-state index contributed by atoms with van der Waals surface area (Å²) in [4.78, 5) is 7.36. The van der Waals surface area contributed by atoms with Gasteiger partial charge in [-0.3, -0.25) is 0 Å². The van der Waals surface area contributed by atoms with Crippen molar-refractivity contribution in [2.24, 2.45) is 5.90 Å². The molecule has 0 atom stereocenters. The summed E-state index contributed by atoms with van der Waals surface area (Å²) in [5.41, 5.74) is 4.03. The summed E-state index contributed by atoms with van der Waals surface area (Å²) >= 11 is 0. The minimum absolute atomic E-state index is 0.258. The molecule has 1 aromatic carbocycles. The first-order valence-electron chi connectivity index (χ1n) is 6.77. The van der Waals surface area contributed by atoms with Gasteiger partial charge in [0.2, 0.25) is 0 Å². The lowest BCUT2D eigenvalue weighted by Gasteiger charge is -2.36. The summed E-state index contributed by atoms with van der Waals surface area (Å²) in [6.45, 7) is 4.33. The van der Waals surface area contributed by atoms with Crippen LogP contribution in [0, 0.1) is 13.8 Å². The number of anilines is 1. The Hall–Kier alpha value is -1.06. The molecule has 1 fully saturated rings. The number of aryl methyl sites for hydroxylation is 2. The molecule has 3 nitrogen and oxygen atoms in total. The number of nitrogens with two attached hydrogens (primary N) is 1. The van der Waals surface area contributed by atoms with Crippen molar-refractivity contribution < 1.29 is 4.84 Å². The predicted molar refractivity (Wildman–Crippen MR) is 75.6 cm³/mol. The maximum absolute atomic E-state index is 5.26. The number of hydrogen-bond donors (Lipinski definition) is 1. The van der Waals surface area contributed by atoms with E-state index in [0.29, 0.717) is 6.04 Å². The van der Waals surface area contributed by atoms with E-state index < -0.39 is 0 Å². The third-order valence-electron chi connectivity index (χ3n) is 4.12. The van der Waals surface area contributed by atoms with Crippen molar-refractivity contribution >= 4 is 5.69 Å². The fourth-order valence-electron chi connectivity index (χ4n) is 2.97. The second-order valence-electron chi connectivity index (χ2n) is 5.47. The molecule has 0 spiro atoms. The molecule has 1 aromatic rings. The Kier molecular flexibility index (Phi) is 4.25. The molecule has 0 aromatic heterocycles. The van der Waals surface area contributed by atoms with Crippen molar-refractivity contribution in [2.75, 3.05) is 11.9 Å². The molecule has 0 saturated heterocycles. The van der Waals surface area contributed by atoms with Gasteiger partial charge in [-0.1, -0.05) is 17.7 Å². The molecule has 100 valence electrons. The van der Waals surface area contributed by atoms with Crippen LogP contribution in [-0.2, 0) is 4.84 Å². The highest BCUT2D eigenvalue weighted by atomic mass is 16.6. The Morgan fingerprint density at radius 3 is 2.39 bits per heavy atom. The Morgan fingerprint density at radius 2 is 1.83 bits per heavy atom. The zero-order chi connectivity index (χ0) is 13.1. The zero-order valence-electron chi connectivity index (χ0n) is 11.6. The molecule has 2 N–H and O–H groups in total. The molecular formula is C15H24N2O. The Morgan fingerprint density at radius 1 is 1.17 bits per heavy atom. The second-order valence-corrected chi connectivity index (χ2v) is 5.47. The van der Waals surface area contributed by atoms with Gasteiger partial charge in [0, 0.05) is 18.8 Å². The van der Waals surface area contributed by atoms with Gasteiger partial charge >= 0.3 is 0 Å². The molecular weight excluding hydrogens is 224 g/mol. The van der Waals surface area contributed by atoms with Gasteiger partial charge in [0.05, 0.1) is 6.10 Å². The summed E-state index contributed by atoms with van der Waals surface area (Å²) in [6, 6.07) is 7.28. The van der Waals surface area contributed by atoms with Crippen molar-refractivity contribution in [3.63, 3.8) is 0 Å². The molecule has 0 unspecified atom stereocenters. The van der Waals surface area contributed by atoms with Crippen LogP contribution in [0.5, 0.6) is 0 Å². The normalized spacial score (nSPS) is 24.0. The minimum atomic E-state index is 0.258. The standard InChI is InChI=1S/C15H24N2O/c1-11-4-9-15(12(2)10-11)17(3)13-5-7-14(18-16)8-6-13/h4,9-10,13-14H,5-8,16H2,1-3H3. The lowest BCUT2D eigenvalue weighted by Crippen LogP contribution is -2.38. The van der Waals surface area contributed by atoms with Gasteiger partial charge in [-0.05, 0) is 51.2 Å². The maximum Gasteiger partial charge on any atom is 0.0789 e. The molecule has 2 rings (SSSR count). The van der Waals surface area contributed by atoms with E-state index in [2.05, 4.69) is 44.0 Å². The lowest BCUT2D eigenvalue weighted by atomic mass is 9.91. The van der Waals surface area contributed by atoms with Crippen LogP contribution in [-0.4, -0.2) is 19.2 Å². The number of nitrogens with zero attached hydrogens (tertiary/aromatic N) is 1. The summed E-state index contributed by atoms with van der Waals surface area (Å²) in [6.07, 6.45) is 4.71. The second kappa shape index (κ2) is 5.72. The van der Waals surface area contributed by atoms with E-state index in [1.165, 1.54) is 16.8 Å². The molecule has 0 amide bonds. The molecule has 0 bridgehead atoms. The molecule has 1 aliphatic carbocycles. The molecule has 0 aliphatic heterocycles. The average Bonchev–Trinajstić information content (AvgIpc) is 2.38. The Balaban J connectivity index is 2.05. The molecule has 1 saturated carbocycles. The van der Waals surface area contributed by atoms with Crippen LogP contribution in [0.4, 0.5) is 5.69 Å². The smallest absolute Gasteiger partial charge is 0.0789 e. The van der Waals surface area contributed by atoms with Crippen molar-refractivity contribution in [2.45, 2.75) is 51.7 Å². The third-order valence-corrected chi connectivity index (χ3v) is 4.12. The van der Waals surface area contributed by atoms with E-state index in [0.717, 1.165) is 25.7 Å². The highest BCUT2D eigenvalue weighted by molar-refractivity contribution is 5.54. The van der Waals surface area contributed by atoms with Gasteiger partial charge < -0.3 is 9.74 Å². The highest BCUT2D eigenvalue weighted by Gasteiger charge is 2.24. The monoisotopic (exact) mass is 248 g/mol. The topological polar surface area (TPSA) is 38.5 Å². The molecule has 3 heteroatoms. The van der Waals surface area contributed by atoms with Gasteiger partial charge in [0.1, 0.15) is 0 Å². The van der Waals surface area contributed by atoms with Crippen LogP contribution in [0.3, 0.4) is 0 Å². The quantitative estimate of drug-likeness (QED) is 0.836. The van der Waals surface area contributed by atoms with Crippen LogP contribution < -0.4 is 10.8 Å². The fraction of sp³-hybridized carbons (Fsp3) is 0.600. The van der Waals surface area contributed by atoms with Crippen molar-refractivity contribution in [1.82, 2.24) is 0 Å². The first-order chi connectivity index (χ1) is 8.61. The molecule has 18 heavy (non-hydrogen) atoms. The average molecular weight is 248 g/mol. The SMILES string of the molecule is Cc1ccc(N(C)C2CCC(ON)CC2)c(C)c1. The largest absolute Gasteiger partial charge is 0.371 e. The third kappa shape index (κ3) is 2.85. The molecule has 1 aliphatic rings. The summed E-state index contributed by atoms with van der Waals surface area (Å²) in [5, 5.41) is 0. The zero-order valence-corrected chi connectivity index (χ0v) is 11.6. The van der Waals surface area contributed by atoms with E-state index in [1.807, 2.05) is 0 Å². The van der Waals surface area contributed by atoms with Crippen molar-refractivity contribution in [3.8, 4) is 0 Å². The summed E-state index contributed by atoms with van der Waals surface area (Å²) in [7, 11) is 2.20. The first kappa shape index (κ1) is 13.4. The minimum Gasteiger partial charge on any atom is -0.371 e. The number of benzene rings is 1. The number of rotatable bonds is 3. The summed E-state index contributed by atoms with van der Waals surface area (Å²) in [5.74, 6) is 5.26. The van der Waals surface area contributed by atoms with Gasteiger partial charge in [0.15, 0.2) is 0 Å². The maximum atomic E-state index is 5.26. The van der Waals surface area contributed by atoms with E-state index in [1.54, 1.807) is 0 Å². The van der Waals surface area contributed by atoms with Gasteiger partial charge in [0.25, 0.3) is 0 Å². The van der Waals surface area contributed by atoms with Gasteiger partial charge in [-0.25, -0.2) is 5.90 Å². The molecule has 0 radical (unpaired) electrons. The van der Waals surface area contributed by atoms with E-state index in [4.69, 9.17) is 10.7 Å². The van der Waals surface area contributed by atoms with Crippen molar-refractivity contribution in [1.29, 1.82) is 0 Å². The van der Waals surface area contributed by atoms with E-state index >= 15 is 0 Å². The van der Waals surface area contributed by atoms with Crippen LogP contribution in [0.25, 0.3) is 0 Å². The molecule has 0 heterocycles.